The molecule has 5 nitrogen and oxygen atoms in total. The molecule has 1 aliphatic rings. The fraction of sp³-hybridized carbons (Fsp3) is 0.353. The Morgan fingerprint density at radius 2 is 1.88 bits per heavy atom. The molecule has 1 aliphatic carbocycles. The molecule has 0 radical (unpaired) electrons. The molecule has 0 fully saturated rings. The molecule has 2 N–H and O–H groups in total. The largest absolute Gasteiger partial charge is 0.347 e. The highest BCUT2D eigenvalue weighted by Gasteiger charge is 2.17. The van der Waals surface area contributed by atoms with Crippen LogP contribution in [-0.2, 0) is 29.4 Å². The van der Waals surface area contributed by atoms with E-state index in [9.17, 15) is 13.2 Å². The summed E-state index contributed by atoms with van der Waals surface area (Å²) in [4.78, 5) is 14.6. The van der Waals surface area contributed by atoms with Gasteiger partial charge in [0.05, 0.1) is 9.77 Å². The zero-order valence-electron chi connectivity index (χ0n) is 13.5. The van der Waals surface area contributed by atoms with Gasteiger partial charge in [-0.2, -0.15) is 0 Å². The Morgan fingerprint density at radius 1 is 1.17 bits per heavy atom. The van der Waals surface area contributed by atoms with E-state index in [1.165, 1.54) is 42.5 Å². The third-order valence-corrected chi connectivity index (χ3v) is 6.84. The van der Waals surface area contributed by atoms with Gasteiger partial charge < -0.3 is 5.32 Å². The Bertz CT molecular complexity index is 816. The van der Waals surface area contributed by atoms with Crippen LogP contribution in [0.15, 0.2) is 35.2 Å². The summed E-state index contributed by atoms with van der Waals surface area (Å²) in [7, 11) is -2.05. The van der Waals surface area contributed by atoms with Gasteiger partial charge in [-0.05, 0) is 62.1 Å². The average Bonchev–Trinajstić information content (AvgIpc) is 3.04. The summed E-state index contributed by atoms with van der Waals surface area (Å²) in [6.45, 7) is 0.376. The lowest BCUT2D eigenvalue weighted by atomic mass is 9.99. The predicted octanol–water partition coefficient (Wildman–Crippen LogP) is 2.47. The first-order valence-corrected chi connectivity index (χ1v) is 10.2. The number of carbonyl (C=O) groups is 1. The second-order valence-electron chi connectivity index (χ2n) is 5.80. The summed E-state index contributed by atoms with van der Waals surface area (Å²) in [6, 6.07) is 8.51. The Morgan fingerprint density at radius 3 is 2.54 bits per heavy atom. The Kier molecular flexibility index (Phi) is 5.03. The van der Waals surface area contributed by atoms with Gasteiger partial charge in [0.15, 0.2) is 0 Å². The molecule has 128 valence electrons. The molecule has 3 rings (SSSR count). The van der Waals surface area contributed by atoms with Crippen LogP contribution in [0.25, 0.3) is 0 Å². The number of benzene rings is 1. The Hall–Kier alpha value is -1.70. The van der Waals surface area contributed by atoms with Crippen molar-refractivity contribution in [3.63, 3.8) is 0 Å². The zero-order valence-corrected chi connectivity index (χ0v) is 15.1. The van der Waals surface area contributed by atoms with E-state index < -0.39 is 10.0 Å². The maximum absolute atomic E-state index is 12.3. The van der Waals surface area contributed by atoms with Crippen LogP contribution in [0.5, 0.6) is 0 Å². The quantitative estimate of drug-likeness (QED) is 0.856. The van der Waals surface area contributed by atoms with Gasteiger partial charge in [-0.1, -0.05) is 12.1 Å². The van der Waals surface area contributed by atoms with Gasteiger partial charge in [0, 0.05) is 11.4 Å². The van der Waals surface area contributed by atoms with E-state index in [0.717, 1.165) is 23.3 Å². The van der Waals surface area contributed by atoms with Crippen molar-refractivity contribution in [3.8, 4) is 0 Å². The van der Waals surface area contributed by atoms with E-state index in [2.05, 4.69) is 10.0 Å². The van der Waals surface area contributed by atoms with Gasteiger partial charge in [-0.25, -0.2) is 13.1 Å². The van der Waals surface area contributed by atoms with Crippen molar-refractivity contribution in [3.05, 3.63) is 51.2 Å². The third-order valence-electron chi connectivity index (χ3n) is 4.18. The second kappa shape index (κ2) is 7.04. The lowest BCUT2D eigenvalue weighted by molar-refractivity contribution is 0.0955. The molecule has 0 spiro atoms. The molecule has 0 atom stereocenters. The maximum atomic E-state index is 12.3. The van der Waals surface area contributed by atoms with E-state index >= 15 is 0 Å². The van der Waals surface area contributed by atoms with E-state index in [1.54, 1.807) is 23.5 Å². The van der Waals surface area contributed by atoms with Crippen LogP contribution in [0.2, 0.25) is 0 Å². The number of fused-ring (bicyclic) bond motifs is 1. The second-order valence-corrected chi connectivity index (χ2v) is 8.82. The summed E-state index contributed by atoms with van der Waals surface area (Å²) in [6.07, 6.45) is 4.55. The summed E-state index contributed by atoms with van der Waals surface area (Å²) < 4.78 is 25.6. The van der Waals surface area contributed by atoms with Gasteiger partial charge in [0.2, 0.25) is 10.0 Å². The van der Waals surface area contributed by atoms with Crippen LogP contribution in [0.1, 0.15) is 38.5 Å². The normalized spacial score (nSPS) is 14.2. The number of hydrogen-bond donors (Lipinski definition) is 2. The van der Waals surface area contributed by atoms with Gasteiger partial charge in [0.25, 0.3) is 5.91 Å². The number of aryl methyl sites for hydroxylation is 2. The van der Waals surface area contributed by atoms with Gasteiger partial charge >= 0.3 is 0 Å². The maximum Gasteiger partial charge on any atom is 0.261 e. The fourth-order valence-corrected chi connectivity index (χ4v) is 4.68. The molecule has 1 aromatic heterocycles. The lowest BCUT2D eigenvalue weighted by Gasteiger charge is -2.08. The van der Waals surface area contributed by atoms with Crippen LogP contribution in [0.4, 0.5) is 0 Å². The number of thiophene rings is 1. The molecule has 24 heavy (non-hydrogen) atoms. The van der Waals surface area contributed by atoms with Crippen LogP contribution < -0.4 is 10.0 Å². The monoisotopic (exact) mass is 364 g/mol. The molecule has 7 heteroatoms. The van der Waals surface area contributed by atoms with E-state index in [-0.39, 0.29) is 10.8 Å². The first kappa shape index (κ1) is 17.1. The number of amides is 1. The smallest absolute Gasteiger partial charge is 0.261 e. The minimum atomic E-state index is -3.43. The summed E-state index contributed by atoms with van der Waals surface area (Å²) >= 11 is 1.59. The molecule has 0 unspecified atom stereocenters. The van der Waals surface area contributed by atoms with Gasteiger partial charge in [-0.3, -0.25) is 4.79 Å². The Labute approximate surface area is 146 Å². The number of nitrogens with one attached hydrogen (secondary N) is 2. The van der Waals surface area contributed by atoms with Crippen molar-refractivity contribution >= 4 is 27.3 Å². The molecule has 1 aromatic carbocycles. The molecule has 2 aromatic rings. The summed E-state index contributed by atoms with van der Waals surface area (Å²) in [5, 5.41) is 2.90. The van der Waals surface area contributed by atoms with Crippen molar-refractivity contribution in [2.45, 2.75) is 37.1 Å². The minimum absolute atomic E-state index is 0.0682. The standard InChI is InChI=1S/C17H20N2O3S2/c1-18-24(21,22)14-8-6-12(7-9-14)11-19-17(20)16-10-13-4-2-3-5-15(13)23-16/h6-10,18H,2-5,11H2,1H3,(H,19,20). The highest BCUT2D eigenvalue weighted by molar-refractivity contribution is 7.89. The van der Waals surface area contributed by atoms with Gasteiger partial charge in [0.1, 0.15) is 0 Å². The van der Waals surface area contributed by atoms with E-state index in [1.807, 2.05) is 6.07 Å². The van der Waals surface area contributed by atoms with Gasteiger partial charge in [-0.15, -0.1) is 11.3 Å². The fourth-order valence-electron chi connectivity index (χ4n) is 2.78. The lowest BCUT2D eigenvalue weighted by Crippen LogP contribution is -2.22. The Balaban J connectivity index is 1.63. The topological polar surface area (TPSA) is 75.3 Å². The zero-order chi connectivity index (χ0) is 17.2. The molecule has 0 bridgehead atoms. The first-order valence-electron chi connectivity index (χ1n) is 7.92. The highest BCUT2D eigenvalue weighted by Crippen LogP contribution is 2.29. The van der Waals surface area contributed by atoms with Crippen LogP contribution >= 0.6 is 11.3 Å². The molecule has 1 amide bonds. The molecule has 1 heterocycles. The molecule has 0 saturated carbocycles. The summed E-state index contributed by atoms with van der Waals surface area (Å²) in [5.74, 6) is -0.0682. The summed E-state index contributed by atoms with van der Waals surface area (Å²) in [5.41, 5.74) is 2.18. The molecule has 0 aliphatic heterocycles. The number of carbonyl (C=O) groups excluding carboxylic acids is 1. The average molecular weight is 364 g/mol. The van der Waals surface area contributed by atoms with Crippen molar-refractivity contribution in [2.75, 3.05) is 7.05 Å². The number of rotatable bonds is 5. The molecular weight excluding hydrogens is 344 g/mol. The third kappa shape index (κ3) is 3.68. The van der Waals surface area contributed by atoms with Crippen LogP contribution in [-0.4, -0.2) is 21.4 Å². The number of hydrogen-bond acceptors (Lipinski definition) is 4. The van der Waals surface area contributed by atoms with Crippen molar-refractivity contribution < 1.29 is 13.2 Å². The van der Waals surface area contributed by atoms with Crippen LogP contribution in [0, 0.1) is 0 Å². The van der Waals surface area contributed by atoms with Crippen molar-refractivity contribution in [1.82, 2.24) is 10.0 Å². The van der Waals surface area contributed by atoms with E-state index in [0.29, 0.717) is 6.54 Å². The van der Waals surface area contributed by atoms with Crippen LogP contribution in [0.3, 0.4) is 0 Å². The van der Waals surface area contributed by atoms with E-state index in [4.69, 9.17) is 0 Å². The van der Waals surface area contributed by atoms with Crippen molar-refractivity contribution in [2.24, 2.45) is 0 Å². The molecular formula is C17H20N2O3S2. The molecule has 0 saturated heterocycles. The van der Waals surface area contributed by atoms with Crippen molar-refractivity contribution in [1.29, 1.82) is 0 Å². The number of sulfonamides is 1. The predicted molar refractivity (Wildman–Crippen MR) is 94.8 cm³/mol. The first-order chi connectivity index (χ1) is 11.5. The SMILES string of the molecule is CNS(=O)(=O)c1ccc(CNC(=O)c2cc3c(s2)CCCC3)cc1. The highest BCUT2D eigenvalue weighted by atomic mass is 32.2. The minimum Gasteiger partial charge on any atom is -0.347 e.